The van der Waals surface area contributed by atoms with E-state index in [1.165, 1.54) is 16.8 Å². The van der Waals surface area contributed by atoms with Gasteiger partial charge in [-0.15, -0.1) is 0 Å². The Hall–Kier alpha value is -4.12. The molecule has 0 saturated carbocycles. The van der Waals surface area contributed by atoms with Gasteiger partial charge in [-0.3, -0.25) is 9.36 Å². The maximum atomic E-state index is 16.0. The molecule has 11 heteroatoms. The van der Waals surface area contributed by atoms with Crippen LogP contribution in [0.3, 0.4) is 0 Å². The zero-order chi connectivity index (χ0) is 30.4. The van der Waals surface area contributed by atoms with E-state index in [2.05, 4.69) is 30.7 Å². The number of fused-ring (bicyclic) bond motifs is 1. The summed E-state index contributed by atoms with van der Waals surface area (Å²) in [6, 6.07) is 16.3. The van der Waals surface area contributed by atoms with Crippen molar-refractivity contribution in [3.05, 3.63) is 112 Å². The van der Waals surface area contributed by atoms with Gasteiger partial charge in [0.05, 0.1) is 17.8 Å². The standard InChI is InChI=1S/C31H31F4N3O3Si/c1-30(2,3)42(4,5)41-25-13-9-12-21(27(25)32)24-18-38-28(22(36-24)16-19-10-7-6-8-11-19)37-23(29(38)39)17-20-14-15-26(40-20)31(33,34)35/h6-15,18,36H,16-17H2,1-5H3. The number of aromatic nitrogens is 3. The van der Waals surface area contributed by atoms with E-state index in [-0.39, 0.29) is 34.2 Å². The Morgan fingerprint density at radius 3 is 2.33 bits per heavy atom. The molecule has 0 radical (unpaired) electrons. The van der Waals surface area contributed by atoms with Crippen molar-refractivity contribution in [3.63, 3.8) is 0 Å². The van der Waals surface area contributed by atoms with Crippen LogP contribution in [0.4, 0.5) is 17.6 Å². The molecule has 2 aliphatic rings. The number of halogens is 4. The van der Waals surface area contributed by atoms with Gasteiger partial charge in [-0.25, -0.2) is 9.37 Å². The Balaban J connectivity index is 1.61. The Morgan fingerprint density at radius 2 is 1.69 bits per heavy atom. The molecule has 1 aromatic heterocycles. The van der Waals surface area contributed by atoms with Crippen LogP contribution < -0.4 is 9.99 Å². The highest BCUT2D eigenvalue weighted by Gasteiger charge is 2.40. The lowest BCUT2D eigenvalue weighted by molar-refractivity contribution is -0.153. The van der Waals surface area contributed by atoms with Crippen molar-refractivity contribution in [2.75, 3.05) is 0 Å². The second kappa shape index (κ2) is 10.6. The molecule has 6 nitrogen and oxygen atoms in total. The number of aromatic amines is 1. The molecular formula is C31H31F4N3O3Si. The molecule has 3 aromatic rings. The van der Waals surface area contributed by atoms with E-state index in [4.69, 9.17) is 8.84 Å². The summed E-state index contributed by atoms with van der Waals surface area (Å²) in [5.74, 6) is -1.34. The monoisotopic (exact) mass is 597 g/mol. The fourth-order valence-corrected chi connectivity index (χ4v) is 5.38. The minimum absolute atomic E-state index is 0.00780. The van der Waals surface area contributed by atoms with Crippen molar-refractivity contribution >= 4 is 8.32 Å². The summed E-state index contributed by atoms with van der Waals surface area (Å²) in [6.07, 6.45) is -3.08. The van der Waals surface area contributed by atoms with Crippen molar-refractivity contribution in [2.45, 2.75) is 57.9 Å². The SMILES string of the molecule is CC(C)(C)[Si](C)(C)Oc1cccc(-c2cn3c(=O)c(Cc4ccc(C(F)(F)F)o4)nc-3c(Cc3ccccc3)[nH]2)c1F. The summed E-state index contributed by atoms with van der Waals surface area (Å²) in [4.78, 5) is 21.2. The van der Waals surface area contributed by atoms with E-state index in [1.807, 2.05) is 43.4 Å². The van der Waals surface area contributed by atoms with Gasteiger partial charge >= 0.3 is 6.18 Å². The predicted octanol–water partition coefficient (Wildman–Crippen LogP) is 7.98. The Labute approximate surface area is 241 Å². The molecular weight excluding hydrogens is 566 g/mol. The molecule has 0 bridgehead atoms. The van der Waals surface area contributed by atoms with Gasteiger partial charge < -0.3 is 13.8 Å². The predicted molar refractivity (Wildman–Crippen MR) is 154 cm³/mol. The van der Waals surface area contributed by atoms with Crippen LogP contribution in [0.15, 0.2) is 76.1 Å². The molecule has 2 aliphatic heterocycles. The number of nitrogens with one attached hydrogen (secondary N) is 1. The number of benzene rings is 2. The molecule has 5 rings (SSSR count). The van der Waals surface area contributed by atoms with Crippen LogP contribution in [0.25, 0.3) is 17.1 Å². The highest BCUT2D eigenvalue weighted by atomic mass is 28.4. The number of furan rings is 1. The molecule has 0 atom stereocenters. The minimum atomic E-state index is -4.64. The molecule has 0 fully saturated rings. The van der Waals surface area contributed by atoms with Gasteiger partial charge in [0, 0.05) is 18.2 Å². The second-order valence-corrected chi connectivity index (χ2v) is 16.5. The lowest BCUT2D eigenvalue weighted by Gasteiger charge is -2.36. The third-order valence-electron chi connectivity index (χ3n) is 7.68. The quantitative estimate of drug-likeness (QED) is 0.153. The summed E-state index contributed by atoms with van der Waals surface area (Å²) in [6.45, 7) is 10.3. The zero-order valence-corrected chi connectivity index (χ0v) is 24.9. The third-order valence-corrected chi connectivity index (χ3v) is 12.0. The van der Waals surface area contributed by atoms with Gasteiger partial charge in [0.25, 0.3) is 13.9 Å². The summed E-state index contributed by atoms with van der Waals surface area (Å²) >= 11 is 0. The number of rotatable bonds is 7. The number of hydrogen-bond donors (Lipinski definition) is 1. The van der Waals surface area contributed by atoms with E-state index >= 15 is 4.39 Å². The van der Waals surface area contributed by atoms with E-state index < -0.39 is 31.6 Å². The van der Waals surface area contributed by atoms with Crippen LogP contribution >= 0.6 is 0 Å². The lowest BCUT2D eigenvalue weighted by atomic mass is 10.1. The zero-order valence-electron chi connectivity index (χ0n) is 23.9. The van der Waals surface area contributed by atoms with Crippen LogP contribution in [0.2, 0.25) is 18.1 Å². The summed E-state index contributed by atoms with van der Waals surface area (Å²) < 4.78 is 67.6. The van der Waals surface area contributed by atoms with Crippen molar-refractivity contribution in [1.29, 1.82) is 0 Å². The molecule has 0 unspecified atom stereocenters. The molecule has 220 valence electrons. The summed E-state index contributed by atoms with van der Waals surface area (Å²) in [7, 11) is -2.35. The van der Waals surface area contributed by atoms with Crippen molar-refractivity contribution in [2.24, 2.45) is 0 Å². The minimum Gasteiger partial charge on any atom is -0.542 e. The molecule has 0 aliphatic carbocycles. The fourth-order valence-electron chi connectivity index (χ4n) is 4.37. The van der Waals surface area contributed by atoms with Crippen molar-refractivity contribution in [1.82, 2.24) is 14.5 Å². The van der Waals surface area contributed by atoms with Gasteiger partial charge in [0.15, 0.2) is 11.6 Å². The maximum absolute atomic E-state index is 16.0. The van der Waals surface area contributed by atoms with E-state index in [0.29, 0.717) is 23.6 Å². The Morgan fingerprint density at radius 1 is 0.976 bits per heavy atom. The summed E-state index contributed by atoms with van der Waals surface area (Å²) in [5, 5.41) is -0.150. The molecule has 0 saturated heterocycles. The number of H-pyrrole nitrogens is 1. The van der Waals surface area contributed by atoms with Gasteiger partial charge in [-0.05, 0) is 48.0 Å². The average Bonchev–Trinajstić information content (AvgIpc) is 3.51. The lowest BCUT2D eigenvalue weighted by Crippen LogP contribution is -2.44. The van der Waals surface area contributed by atoms with Crippen LogP contribution in [-0.2, 0) is 19.0 Å². The van der Waals surface area contributed by atoms with Gasteiger partial charge in [0.2, 0.25) is 5.76 Å². The third kappa shape index (κ3) is 5.78. The van der Waals surface area contributed by atoms with E-state index in [9.17, 15) is 18.0 Å². The molecule has 0 spiro atoms. The molecule has 0 amide bonds. The molecule has 1 N–H and O–H groups in total. The Bertz CT molecular complexity index is 1750. The molecule has 3 heterocycles. The number of alkyl halides is 3. The van der Waals surface area contributed by atoms with Crippen molar-refractivity contribution in [3.8, 4) is 22.8 Å². The topological polar surface area (TPSA) is 73.1 Å². The largest absolute Gasteiger partial charge is 0.542 e. The number of imidazole rings is 1. The average molecular weight is 598 g/mol. The number of hydrogen-bond acceptors (Lipinski definition) is 4. The van der Waals surface area contributed by atoms with Gasteiger partial charge in [0.1, 0.15) is 17.2 Å². The first-order chi connectivity index (χ1) is 19.6. The normalized spacial score (nSPS) is 12.7. The highest BCUT2D eigenvalue weighted by molar-refractivity contribution is 6.74. The highest BCUT2D eigenvalue weighted by Crippen LogP contribution is 2.39. The maximum Gasteiger partial charge on any atom is 0.449 e. The first kappa shape index (κ1) is 29.4. The van der Waals surface area contributed by atoms with Crippen LogP contribution in [-0.4, -0.2) is 22.9 Å². The van der Waals surface area contributed by atoms with Crippen molar-refractivity contribution < 1.29 is 26.4 Å². The van der Waals surface area contributed by atoms with Crippen LogP contribution in [0.1, 0.15) is 49.2 Å². The van der Waals surface area contributed by atoms with E-state index in [0.717, 1.165) is 11.6 Å². The first-order valence-electron chi connectivity index (χ1n) is 13.4. The van der Waals surface area contributed by atoms with Crippen LogP contribution in [0.5, 0.6) is 5.75 Å². The first-order valence-corrected chi connectivity index (χ1v) is 16.4. The Kier molecular flexibility index (Phi) is 7.42. The molecule has 2 aromatic carbocycles. The van der Waals surface area contributed by atoms with Crippen LogP contribution in [0, 0.1) is 5.82 Å². The fraction of sp³-hybridized carbons (Fsp3) is 0.290. The van der Waals surface area contributed by atoms with Gasteiger partial charge in [-0.1, -0.05) is 57.2 Å². The molecule has 42 heavy (non-hydrogen) atoms. The van der Waals surface area contributed by atoms with E-state index in [1.54, 1.807) is 18.2 Å². The summed E-state index contributed by atoms with van der Waals surface area (Å²) in [5.41, 5.74) is 1.46. The smallest absolute Gasteiger partial charge is 0.449 e. The number of nitrogens with zero attached hydrogens (tertiary/aromatic N) is 2. The van der Waals surface area contributed by atoms with Gasteiger partial charge in [-0.2, -0.15) is 13.2 Å². The second-order valence-electron chi connectivity index (χ2n) is 11.8.